The Balaban J connectivity index is 2.46. The van der Waals surface area contributed by atoms with Crippen molar-refractivity contribution in [2.75, 3.05) is 0 Å². The lowest BCUT2D eigenvalue weighted by Gasteiger charge is -2.12. The van der Waals surface area contributed by atoms with Gasteiger partial charge in [0.25, 0.3) is 0 Å². The van der Waals surface area contributed by atoms with E-state index in [0.717, 1.165) is 0 Å². The Kier molecular flexibility index (Phi) is 4.98. The summed E-state index contributed by atoms with van der Waals surface area (Å²) in [4.78, 5) is 0. The van der Waals surface area contributed by atoms with E-state index in [0.29, 0.717) is 0 Å². The van der Waals surface area contributed by atoms with Gasteiger partial charge in [0.2, 0.25) is 0 Å². The van der Waals surface area contributed by atoms with Gasteiger partial charge in [0, 0.05) is 32.9 Å². The first-order valence-electron chi connectivity index (χ1n) is 6.54. The Morgan fingerprint density at radius 1 is 1.00 bits per heavy atom. The van der Waals surface area contributed by atoms with E-state index < -0.39 is 0 Å². The number of nitrogens with zero attached hydrogens (tertiary/aromatic N) is 1. The van der Waals surface area contributed by atoms with Gasteiger partial charge in [-0.3, -0.25) is 0 Å². The molecule has 0 fully saturated rings. The van der Waals surface area contributed by atoms with Crippen LogP contribution >= 0.6 is 0 Å². The average Bonchev–Trinajstić information content (AvgIpc) is 2.24. The van der Waals surface area contributed by atoms with Crippen molar-refractivity contribution >= 4 is 0 Å². The molecule has 0 amide bonds. The van der Waals surface area contributed by atoms with Gasteiger partial charge in [0.1, 0.15) is 0 Å². The van der Waals surface area contributed by atoms with E-state index in [1.807, 2.05) is 0 Å². The van der Waals surface area contributed by atoms with E-state index >= 15 is 0 Å². The molecule has 0 saturated carbocycles. The number of hydrogen-bond acceptors (Lipinski definition) is 0. The monoisotopic (exact) mass is 220 g/mol. The highest BCUT2D eigenvalue weighted by molar-refractivity contribution is 5.07. The third-order valence-electron chi connectivity index (χ3n) is 2.99. The predicted molar refractivity (Wildman–Crippen MR) is 69.5 cm³/mol. The normalized spacial score (nSPS) is 11.8. The SMILES string of the molecule is CCCCCCc1cc[n+](C(C)(C)C)cc1. The molecule has 1 aromatic heterocycles. The molecule has 0 aromatic carbocycles. The molecule has 1 aromatic rings. The van der Waals surface area contributed by atoms with Crippen molar-refractivity contribution < 1.29 is 4.57 Å². The highest BCUT2D eigenvalue weighted by Gasteiger charge is 2.19. The van der Waals surface area contributed by atoms with Crippen LogP contribution in [0.25, 0.3) is 0 Å². The molecular weight excluding hydrogens is 194 g/mol. The molecule has 0 N–H and O–H groups in total. The van der Waals surface area contributed by atoms with Crippen LogP contribution in [0.3, 0.4) is 0 Å². The molecule has 0 radical (unpaired) electrons. The van der Waals surface area contributed by atoms with E-state index in [-0.39, 0.29) is 5.54 Å². The molecule has 0 spiro atoms. The summed E-state index contributed by atoms with van der Waals surface area (Å²) in [5, 5.41) is 0. The van der Waals surface area contributed by atoms with E-state index in [1.165, 1.54) is 37.7 Å². The summed E-state index contributed by atoms with van der Waals surface area (Å²) in [5.74, 6) is 0. The molecular formula is C15H26N+. The predicted octanol–water partition coefficient (Wildman–Crippen LogP) is 3.85. The Hall–Kier alpha value is -0.850. The summed E-state index contributed by atoms with van der Waals surface area (Å²) in [6.45, 7) is 8.95. The van der Waals surface area contributed by atoms with Crippen LogP contribution in [0.1, 0.15) is 58.9 Å². The van der Waals surface area contributed by atoms with Crippen LogP contribution in [0.2, 0.25) is 0 Å². The molecule has 1 heteroatoms. The second-order valence-electron chi connectivity index (χ2n) is 5.60. The maximum absolute atomic E-state index is 2.27. The minimum absolute atomic E-state index is 0.195. The van der Waals surface area contributed by atoms with Crippen LogP contribution in [0.15, 0.2) is 24.5 Å². The van der Waals surface area contributed by atoms with Crippen molar-refractivity contribution in [3.05, 3.63) is 30.1 Å². The van der Waals surface area contributed by atoms with Gasteiger partial charge in [-0.2, -0.15) is 0 Å². The molecule has 1 rings (SSSR count). The van der Waals surface area contributed by atoms with Crippen molar-refractivity contribution in [2.45, 2.75) is 65.3 Å². The Labute approximate surface area is 101 Å². The number of pyridine rings is 1. The highest BCUT2D eigenvalue weighted by Crippen LogP contribution is 2.08. The standard InChI is InChI=1S/C15H26N/c1-5-6-7-8-9-14-10-12-16(13-11-14)15(2,3)4/h10-13H,5-9H2,1-4H3/q+1. The first-order chi connectivity index (χ1) is 7.54. The van der Waals surface area contributed by atoms with Crippen LogP contribution in [0.5, 0.6) is 0 Å². The Morgan fingerprint density at radius 3 is 2.12 bits per heavy atom. The van der Waals surface area contributed by atoms with Crippen LogP contribution in [0.4, 0.5) is 0 Å². The van der Waals surface area contributed by atoms with Crippen LogP contribution in [-0.2, 0) is 12.0 Å². The number of unbranched alkanes of at least 4 members (excludes halogenated alkanes) is 3. The van der Waals surface area contributed by atoms with Gasteiger partial charge in [-0.05, 0) is 18.4 Å². The van der Waals surface area contributed by atoms with E-state index in [2.05, 4.69) is 56.8 Å². The van der Waals surface area contributed by atoms with E-state index in [9.17, 15) is 0 Å². The first kappa shape index (κ1) is 13.2. The maximum atomic E-state index is 2.27. The molecule has 0 saturated heterocycles. The van der Waals surface area contributed by atoms with Crippen molar-refractivity contribution in [1.82, 2.24) is 0 Å². The minimum atomic E-state index is 0.195. The van der Waals surface area contributed by atoms with Crippen LogP contribution < -0.4 is 4.57 Å². The molecule has 1 heterocycles. The zero-order valence-electron chi connectivity index (χ0n) is 11.3. The van der Waals surface area contributed by atoms with Gasteiger partial charge >= 0.3 is 0 Å². The van der Waals surface area contributed by atoms with Gasteiger partial charge < -0.3 is 0 Å². The third kappa shape index (κ3) is 4.34. The summed E-state index contributed by atoms with van der Waals surface area (Å²) in [5.41, 5.74) is 1.66. The number of hydrogen-bond donors (Lipinski definition) is 0. The van der Waals surface area contributed by atoms with Gasteiger partial charge in [-0.25, -0.2) is 4.57 Å². The first-order valence-corrected chi connectivity index (χ1v) is 6.54. The quantitative estimate of drug-likeness (QED) is 0.524. The molecule has 0 atom stereocenters. The highest BCUT2D eigenvalue weighted by atomic mass is 15.0. The fourth-order valence-corrected chi connectivity index (χ4v) is 1.83. The van der Waals surface area contributed by atoms with Crippen molar-refractivity contribution in [2.24, 2.45) is 0 Å². The molecule has 0 aliphatic carbocycles. The molecule has 0 aliphatic rings. The largest absolute Gasteiger partial charge is 0.201 e. The van der Waals surface area contributed by atoms with Crippen molar-refractivity contribution in [3.8, 4) is 0 Å². The number of aryl methyl sites for hydroxylation is 1. The summed E-state index contributed by atoms with van der Waals surface area (Å²) >= 11 is 0. The summed E-state index contributed by atoms with van der Waals surface area (Å²) < 4.78 is 2.27. The van der Waals surface area contributed by atoms with E-state index in [4.69, 9.17) is 0 Å². The van der Waals surface area contributed by atoms with Gasteiger partial charge in [-0.15, -0.1) is 0 Å². The maximum Gasteiger partial charge on any atom is 0.169 e. The second kappa shape index (κ2) is 6.03. The lowest BCUT2D eigenvalue weighted by molar-refractivity contribution is -0.754. The summed E-state index contributed by atoms with van der Waals surface area (Å²) in [6.07, 6.45) is 11.0. The minimum Gasteiger partial charge on any atom is -0.201 e. The van der Waals surface area contributed by atoms with Gasteiger partial charge in [0.05, 0.1) is 0 Å². The lowest BCUT2D eigenvalue weighted by Crippen LogP contribution is -2.49. The zero-order chi connectivity index (χ0) is 12.0. The van der Waals surface area contributed by atoms with E-state index in [1.54, 1.807) is 0 Å². The van der Waals surface area contributed by atoms with Gasteiger partial charge in [-0.1, -0.05) is 26.2 Å². The topological polar surface area (TPSA) is 3.88 Å². The zero-order valence-corrected chi connectivity index (χ0v) is 11.3. The molecule has 1 nitrogen and oxygen atoms in total. The van der Waals surface area contributed by atoms with Crippen LogP contribution in [0, 0.1) is 0 Å². The summed E-state index contributed by atoms with van der Waals surface area (Å²) in [7, 11) is 0. The Morgan fingerprint density at radius 2 is 1.62 bits per heavy atom. The van der Waals surface area contributed by atoms with Crippen LogP contribution in [-0.4, -0.2) is 0 Å². The molecule has 0 bridgehead atoms. The Bertz CT molecular complexity index is 292. The van der Waals surface area contributed by atoms with Crippen molar-refractivity contribution in [3.63, 3.8) is 0 Å². The lowest BCUT2D eigenvalue weighted by atomic mass is 10.1. The fourth-order valence-electron chi connectivity index (χ4n) is 1.83. The molecule has 0 unspecified atom stereocenters. The summed E-state index contributed by atoms with van der Waals surface area (Å²) in [6, 6.07) is 4.52. The van der Waals surface area contributed by atoms with Crippen molar-refractivity contribution in [1.29, 1.82) is 0 Å². The molecule has 0 aliphatic heterocycles. The number of aromatic nitrogens is 1. The third-order valence-corrected chi connectivity index (χ3v) is 2.99. The van der Waals surface area contributed by atoms with Gasteiger partial charge in [0.15, 0.2) is 17.9 Å². The molecule has 90 valence electrons. The number of rotatable bonds is 5. The fraction of sp³-hybridized carbons (Fsp3) is 0.667. The smallest absolute Gasteiger partial charge is 0.169 e. The molecule has 16 heavy (non-hydrogen) atoms. The average molecular weight is 220 g/mol. The second-order valence-corrected chi connectivity index (χ2v) is 5.60.